The van der Waals surface area contributed by atoms with Crippen LogP contribution >= 0.6 is 11.6 Å². The highest BCUT2D eigenvalue weighted by molar-refractivity contribution is 6.34. The average Bonchev–Trinajstić information content (AvgIpc) is 2.59. The maximum Gasteiger partial charge on any atom is 0.355 e. The Kier molecular flexibility index (Phi) is 5.37. The molecule has 1 aromatic carbocycles. The van der Waals surface area contributed by atoms with Gasteiger partial charge in [-0.25, -0.2) is 9.59 Å². The van der Waals surface area contributed by atoms with Crippen molar-refractivity contribution in [3.8, 4) is 0 Å². The van der Waals surface area contributed by atoms with Crippen molar-refractivity contribution < 1.29 is 28.7 Å². The molecule has 0 bridgehead atoms. The Balaban J connectivity index is 2.71. The van der Waals surface area contributed by atoms with Crippen molar-refractivity contribution >= 4 is 34.9 Å². The summed E-state index contributed by atoms with van der Waals surface area (Å²) in [7, 11) is 2.26. The first-order valence-corrected chi connectivity index (χ1v) is 6.98. The number of nitro benzene ring substituents is 1. The minimum atomic E-state index is -0.868. The first-order chi connectivity index (χ1) is 11.4. The third-order valence-electron chi connectivity index (χ3n) is 3.27. The van der Waals surface area contributed by atoms with Crippen LogP contribution in [-0.4, -0.2) is 44.4 Å². The highest BCUT2D eigenvalue weighted by Gasteiger charge is 2.36. The molecule has 2 rings (SSSR count). The number of hydrogen-bond donors (Lipinski definition) is 0. The minimum absolute atomic E-state index is 0.0142. The third-order valence-corrected chi connectivity index (χ3v) is 3.57. The van der Waals surface area contributed by atoms with Crippen molar-refractivity contribution in [2.45, 2.75) is 0 Å². The number of ether oxygens (including phenoxy) is 3. The third kappa shape index (κ3) is 3.17. The molecule has 128 valence electrons. The summed E-state index contributed by atoms with van der Waals surface area (Å²) in [6.07, 6.45) is 0. The summed E-state index contributed by atoms with van der Waals surface area (Å²) in [5, 5.41) is 11.3. The van der Waals surface area contributed by atoms with E-state index in [1.54, 1.807) is 0 Å². The molecule has 0 N–H and O–H groups in total. The minimum Gasteiger partial charge on any atom is -0.466 e. The van der Waals surface area contributed by atoms with Gasteiger partial charge in [0, 0.05) is 6.07 Å². The number of esters is 2. The zero-order chi connectivity index (χ0) is 17.9. The smallest absolute Gasteiger partial charge is 0.355 e. The standard InChI is InChI=1S/C14H13ClN2O7/c1-22-13(18)8-6-24-7-16(11(8)14(19)23-2)12-9(15)4-3-5-10(12)17(20)21/h3-5H,6-7H2,1-2H3. The summed E-state index contributed by atoms with van der Waals surface area (Å²) in [6.45, 7) is -0.429. The van der Waals surface area contributed by atoms with Gasteiger partial charge in [0.25, 0.3) is 5.69 Å². The Hall–Kier alpha value is -2.65. The first kappa shape index (κ1) is 17.7. The number of carbonyl (C=O) groups excluding carboxylic acids is 2. The maximum absolute atomic E-state index is 12.2. The Morgan fingerprint density at radius 3 is 2.54 bits per heavy atom. The van der Waals surface area contributed by atoms with E-state index in [-0.39, 0.29) is 41.0 Å². The van der Waals surface area contributed by atoms with E-state index >= 15 is 0 Å². The first-order valence-electron chi connectivity index (χ1n) is 6.60. The molecular weight excluding hydrogens is 344 g/mol. The van der Waals surface area contributed by atoms with E-state index in [1.165, 1.54) is 18.2 Å². The molecule has 9 nitrogen and oxygen atoms in total. The molecule has 1 heterocycles. The molecule has 24 heavy (non-hydrogen) atoms. The Morgan fingerprint density at radius 1 is 1.29 bits per heavy atom. The van der Waals surface area contributed by atoms with Crippen molar-refractivity contribution in [2.24, 2.45) is 0 Å². The van der Waals surface area contributed by atoms with Crippen molar-refractivity contribution in [3.63, 3.8) is 0 Å². The zero-order valence-electron chi connectivity index (χ0n) is 12.8. The second-order valence-electron chi connectivity index (χ2n) is 4.58. The highest BCUT2D eigenvalue weighted by atomic mass is 35.5. The van der Waals surface area contributed by atoms with E-state index in [0.717, 1.165) is 19.1 Å². The molecule has 0 spiro atoms. The lowest BCUT2D eigenvalue weighted by molar-refractivity contribution is -0.384. The van der Waals surface area contributed by atoms with Gasteiger partial charge in [0.2, 0.25) is 0 Å². The molecule has 10 heteroatoms. The fourth-order valence-electron chi connectivity index (χ4n) is 2.24. The molecule has 1 aliphatic rings. The molecule has 0 amide bonds. The number of nitrogens with zero attached hydrogens (tertiary/aromatic N) is 2. The van der Waals surface area contributed by atoms with Crippen LogP contribution in [0.3, 0.4) is 0 Å². The van der Waals surface area contributed by atoms with Crippen LogP contribution in [0, 0.1) is 10.1 Å². The summed E-state index contributed by atoms with van der Waals surface area (Å²) in [4.78, 5) is 35.9. The largest absolute Gasteiger partial charge is 0.466 e. The van der Waals surface area contributed by atoms with Crippen LogP contribution < -0.4 is 4.90 Å². The molecule has 0 saturated heterocycles. The lowest BCUT2D eigenvalue weighted by Gasteiger charge is -2.31. The van der Waals surface area contributed by atoms with Crippen LogP contribution in [0.5, 0.6) is 0 Å². The maximum atomic E-state index is 12.2. The molecule has 0 saturated carbocycles. The van der Waals surface area contributed by atoms with Gasteiger partial charge in [-0.1, -0.05) is 17.7 Å². The Morgan fingerprint density at radius 2 is 1.96 bits per heavy atom. The Labute approximate surface area is 141 Å². The summed E-state index contributed by atoms with van der Waals surface area (Å²) in [6, 6.07) is 4.05. The molecule has 0 radical (unpaired) electrons. The van der Waals surface area contributed by atoms with E-state index in [2.05, 4.69) is 4.74 Å². The molecule has 0 aliphatic carbocycles. The fourth-order valence-corrected chi connectivity index (χ4v) is 2.51. The molecule has 0 atom stereocenters. The second kappa shape index (κ2) is 7.28. The van der Waals surface area contributed by atoms with Crippen LogP contribution in [0.2, 0.25) is 5.02 Å². The van der Waals surface area contributed by atoms with Crippen LogP contribution in [0.4, 0.5) is 11.4 Å². The number of para-hydroxylation sites is 1. The lowest BCUT2D eigenvalue weighted by Crippen LogP contribution is -2.39. The van der Waals surface area contributed by atoms with Gasteiger partial charge in [-0.3, -0.25) is 10.1 Å². The Bertz CT molecular complexity index is 732. The molecule has 1 aromatic rings. The number of nitro groups is 1. The van der Waals surface area contributed by atoms with Gasteiger partial charge in [0.1, 0.15) is 18.1 Å². The van der Waals surface area contributed by atoms with E-state index in [9.17, 15) is 19.7 Å². The monoisotopic (exact) mass is 356 g/mol. The number of benzene rings is 1. The summed E-state index contributed by atoms with van der Waals surface area (Å²) < 4.78 is 14.6. The van der Waals surface area contributed by atoms with Crippen molar-refractivity contribution in [1.82, 2.24) is 0 Å². The van der Waals surface area contributed by atoms with Gasteiger partial charge in [0.15, 0.2) is 0 Å². The van der Waals surface area contributed by atoms with Crippen LogP contribution in [0.15, 0.2) is 29.5 Å². The van der Waals surface area contributed by atoms with Crippen molar-refractivity contribution in [2.75, 3.05) is 32.5 Å². The molecule has 1 aliphatic heterocycles. The van der Waals surface area contributed by atoms with Gasteiger partial charge < -0.3 is 19.1 Å². The predicted octanol–water partition coefficient (Wildman–Crippen LogP) is 1.64. The number of halogens is 1. The highest BCUT2D eigenvalue weighted by Crippen LogP contribution is 2.39. The van der Waals surface area contributed by atoms with E-state index < -0.39 is 16.9 Å². The van der Waals surface area contributed by atoms with Gasteiger partial charge in [-0.05, 0) is 6.07 Å². The van der Waals surface area contributed by atoms with Gasteiger partial charge in [-0.2, -0.15) is 0 Å². The number of anilines is 1. The number of hydrogen-bond acceptors (Lipinski definition) is 8. The van der Waals surface area contributed by atoms with Crippen LogP contribution in [0.25, 0.3) is 0 Å². The van der Waals surface area contributed by atoms with E-state index in [0.29, 0.717) is 0 Å². The van der Waals surface area contributed by atoms with E-state index in [4.69, 9.17) is 21.1 Å². The second-order valence-corrected chi connectivity index (χ2v) is 4.99. The number of rotatable bonds is 4. The predicted molar refractivity (Wildman–Crippen MR) is 82.5 cm³/mol. The number of carbonyl (C=O) groups is 2. The van der Waals surface area contributed by atoms with Crippen molar-refractivity contribution in [1.29, 1.82) is 0 Å². The van der Waals surface area contributed by atoms with Gasteiger partial charge in [-0.15, -0.1) is 0 Å². The normalized spacial score (nSPS) is 14.4. The van der Waals surface area contributed by atoms with Gasteiger partial charge >= 0.3 is 11.9 Å². The molecule has 0 unspecified atom stereocenters. The lowest BCUT2D eigenvalue weighted by atomic mass is 10.1. The molecule has 0 aromatic heterocycles. The summed E-state index contributed by atoms with van der Waals surface area (Å²) in [5.41, 5.74) is -0.763. The summed E-state index contributed by atoms with van der Waals surface area (Å²) >= 11 is 6.09. The SMILES string of the molecule is COC(=O)C1=C(C(=O)OC)N(c2c(Cl)cccc2[N+](=O)[O-])COC1. The molecular formula is C14H13ClN2O7. The van der Waals surface area contributed by atoms with Crippen LogP contribution in [0.1, 0.15) is 0 Å². The topological polar surface area (TPSA) is 108 Å². The van der Waals surface area contributed by atoms with Crippen molar-refractivity contribution in [3.05, 3.63) is 44.6 Å². The average molecular weight is 357 g/mol. The number of methoxy groups -OCH3 is 2. The summed E-state index contributed by atoms with van der Waals surface area (Å²) in [5.74, 6) is -1.68. The fraction of sp³-hybridized carbons (Fsp3) is 0.286. The van der Waals surface area contributed by atoms with Crippen LogP contribution in [-0.2, 0) is 23.8 Å². The van der Waals surface area contributed by atoms with E-state index in [1.807, 2.05) is 0 Å². The quantitative estimate of drug-likeness (QED) is 0.455. The zero-order valence-corrected chi connectivity index (χ0v) is 13.5. The molecule has 0 fully saturated rings. The van der Waals surface area contributed by atoms with Gasteiger partial charge in [0.05, 0.1) is 36.3 Å².